The summed E-state index contributed by atoms with van der Waals surface area (Å²) < 4.78 is 68.5. The normalized spacial score (nSPS) is 12.2. The van der Waals surface area contributed by atoms with Gasteiger partial charge in [-0.25, -0.2) is 4.79 Å². The summed E-state index contributed by atoms with van der Waals surface area (Å²) in [6.07, 6.45) is 0. The van der Waals surface area contributed by atoms with Crippen LogP contribution < -0.4 is 4.18 Å². The van der Waals surface area contributed by atoms with Crippen molar-refractivity contribution in [1.82, 2.24) is 0 Å². The van der Waals surface area contributed by atoms with Gasteiger partial charge in [0.15, 0.2) is 5.75 Å². The fourth-order valence-corrected chi connectivity index (χ4v) is 2.49. The average molecular weight is 369 g/mol. The molecule has 0 amide bonds. The molecule has 0 spiro atoms. The average Bonchev–Trinajstić information content (AvgIpc) is 2.47. The molecule has 0 radical (unpaired) electrons. The van der Waals surface area contributed by atoms with Gasteiger partial charge in [0, 0.05) is 5.39 Å². The molecular formula is C13H8ClF3O5S. The van der Waals surface area contributed by atoms with Gasteiger partial charge < -0.3 is 8.92 Å². The predicted molar refractivity (Wildman–Crippen MR) is 75.9 cm³/mol. The summed E-state index contributed by atoms with van der Waals surface area (Å²) in [7, 11) is -4.78. The third-order valence-corrected chi connectivity index (χ3v) is 4.07. The third-order valence-electron chi connectivity index (χ3n) is 2.82. The van der Waals surface area contributed by atoms with Gasteiger partial charge >= 0.3 is 21.6 Å². The zero-order chi connectivity index (χ0) is 17.4. The van der Waals surface area contributed by atoms with Gasteiger partial charge in [-0.15, -0.1) is 0 Å². The smallest absolute Gasteiger partial charge is 0.465 e. The first-order valence-corrected chi connectivity index (χ1v) is 7.67. The van der Waals surface area contributed by atoms with E-state index >= 15 is 0 Å². The van der Waals surface area contributed by atoms with E-state index in [-0.39, 0.29) is 16.0 Å². The Morgan fingerprint density at radius 1 is 1.17 bits per heavy atom. The van der Waals surface area contributed by atoms with Crippen LogP contribution in [0, 0.1) is 0 Å². The molecule has 0 N–H and O–H groups in total. The van der Waals surface area contributed by atoms with Crippen molar-refractivity contribution in [2.45, 2.75) is 5.51 Å². The van der Waals surface area contributed by atoms with Gasteiger partial charge in [-0.05, 0) is 23.6 Å². The summed E-state index contributed by atoms with van der Waals surface area (Å²) in [5, 5.41) is -0.102. The molecule has 2 aromatic carbocycles. The molecular weight excluding hydrogens is 361 g/mol. The van der Waals surface area contributed by atoms with E-state index in [2.05, 4.69) is 8.92 Å². The zero-order valence-electron chi connectivity index (χ0n) is 11.3. The number of carbonyl (C=O) groups is 1. The van der Waals surface area contributed by atoms with Crippen LogP contribution in [-0.2, 0) is 14.9 Å². The van der Waals surface area contributed by atoms with Gasteiger partial charge in [0.2, 0.25) is 0 Å². The molecule has 2 rings (SSSR count). The summed E-state index contributed by atoms with van der Waals surface area (Å²) in [6.45, 7) is 0. The summed E-state index contributed by atoms with van der Waals surface area (Å²) in [4.78, 5) is 11.5. The van der Waals surface area contributed by atoms with Gasteiger partial charge in [0.25, 0.3) is 0 Å². The fraction of sp³-hybridized carbons (Fsp3) is 0.154. The molecule has 0 aliphatic carbocycles. The molecule has 5 nitrogen and oxygen atoms in total. The zero-order valence-corrected chi connectivity index (χ0v) is 12.9. The van der Waals surface area contributed by atoms with Gasteiger partial charge in [-0.3, -0.25) is 0 Å². The summed E-state index contributed by atoms with van der Waals surface area (Å²) >= 11 is 5.75. The molecule has 10 heteroatoms. The van der Waals surface area contributed by atoms with E-state index in [1.165, 1.54) is 24.3 Å². The summed E-state index contributed by atoms with van der Waals surface area (Å²) in [5.41, 5.74) is -5.62. The fourth-order valence-electron chi connectivity index (χ4n) is 1.75. The summed E-state index contributed by atoms with van der Waals surface area (Å²) in [5.74, 6) is -1.47. The molecule has 0 saturated carbocycles. The van der Waals surface area contributed by atoms with Crippen LogP contribution in [0.25, 0.3) is 10.8 Å². The van der Waals surface area contributed by atoms with Crippen LogP contribution in [-0.4, -0.2) is 27.0 Å². The molecule has 0 aliphatic heterocycles. The quantitative estimate of drug-likeness (QED) is 0.471. The van der Waals surface area contributed by atoms with Crippen LogP contribution in [0.5, 0.6) is 5.75 Å². The first-order chi connectivity index (χ1) is 10.6. The number of methoxy groups -OCH3 is 1. The van der Waals surface area contributed by atoms with Crippen molar-refractivity contribution in [3.8, 4) is 5.75 Å². The van der Waals surface area contributed by atoms with E-state index in [0.717, 1.165) is 13.2 Å². The van der Waals surface area contributed by atoms with Crippen LogP contribution in [0.2, 0.25) is 5.02 Å². The SMILES string of the molecule is COC(=O)c1ccc2ccc(Cl)c(OS(=O)(=O)C(F)(F)F)c2c1. The number of ether oxygens (including phenoxy) is 1. The summed E-state index contributed by atoms with van der Waals surface area (Å²) in [6, 6.07) is 6.51. The number of esters is 1. The number of alkyl halides is 3. The molecule has 124 valence electrons. The molecule has 0 saturated heterocycles. The lowest BCUT2D eigenvalue weighted by Gasteiger charge is -2.13. The topological polar surface area (TPSA) is 69.7 Å². The Hall–Kier alpha value is -2.00. The van der Waals surface area contributed by atoms with E-state index in [9.17, 15) is 26.4 Å². The molecule has 2 aromatic rings. The second-order valence-electron chi connectivity index (χ2n) is 4.29. The maximum absolute atomic E-state index is 12.5. The van der Waals surface area contributed by atoms with Gasteiger partial charge in [-0.2, -0.15) is 21.6 Å². The van der Waals surface area contributed by atoms with Crippen LogP contribution in [0.15, 0.2) is 30.3 Å². The van der Waals surface area contributed by atoms with Crippen LogP contribution >= 0.6 is 11.6 Å². The highest BCUT2D eigenvalue weighted by atomic mass is 35.5. The first-order valence-electron chi connectivity index (χ1n) is 5.88. The number of fused-ring (bicyclic) bond motifs is 1. The number of benzene rings is 2. The van der Waals surface area contributed by atoms with E-state index < -0.39 is 27.3 Å². The van der Waals surface area contributed by atoms with Crippen LogP contribution in [0.1, 0.15) is 10.4 Å². The maximum atomic E-state index is 12.5. The molecule has 0 aromatic heterocycles. The lowest BCUT2D eigenvalue weighted by molar-refractivity contribution is -0.0499. The molecule has 0 unspecified atom stereocenters. The van der Waals surface area contributed by atoms with Crippen molar-refractivity contribution >= 4 is 38.5 Å². The van der Waals surface area contributed by atoms with E-state index in [1.807, 2.05) is 0 Å². The van der Waals surface area contributed by atoms with Crippen molar-refractivity contribution in [1.29, 1.82) is 0 Å². The monoisotopic (exact) mass is 368 g/mol. The number of halogens is 4. The molecule has 0 aliphatic rings. The molecule has 0 heterocycles. The van der Waals surface area contributed by atoms with E-state index in [0.29, 0.717) is 5.39 Å². The van der Waals surface area contributed by atoms with E-state index in [1.54, 1.807) is 0 Å². The number of hydrogen-bond donors (Lipinski definition) is 0. The maximum Gasteiger partial charge on any atom is 0.534 e. The Bertz CT molecular complexity index is 877. The largest absolute Gasteiger partial charge is 0.534 e. The minimum absolute atomic E-state index is 0.00322. The van der Waals surface area contributed by atoms with Crippen molar-refractivity contribution in [3.63, 3.8) is 0 Å². The lowest BCUT2D eigenvalue weighted by atomic mass is 10.1. The standard InChI is InChI=1S/C13H8ClF3O5S/c1-21-12(18)8-3-2-7-4-5-10(14)11(9(7)6-8)22-23(19,20)13(15,16)17/h2-6H,1H3. The lowest BCUT2D eigenvalue weighted by Crippen LogP contribution is -2.28. The Morgan fingerprint density at radius 3 is 2.35 bits per heavy atom. The van der Waals surface area contributed by atoms with Crippen LogP contribution in [0.3, 0.4) is 0 Å². The minimum Gasteiger partial charge on any atom is -0.465 e. The Labute approximate surface area is 133 Å². The number of hydrogen-bond acceptors (Lipinski definition) is 5. The number of carbonyl (C=O) groups excluding carboxylic acids is 1. The van der Waals surface area contributed by atoms with Gasteiger partial charge in [0.1, 0.15) is 0 Å². The molecule has 0 bridgehead atoms. The molecule has 0 atom stereocenters. The Kier molecular flexibility index (Phi) is 4.45. The van der Waals surface area contributed by atoms with Gasteiger partial charge in [0.05, 0.1) is 17.7 Å². The second kappa shape index (κ2) is 5.89. The third kappa shape index (κ3) is 3.35. The Balaban J connectivity index is 2.67. The highest BCUT2D eigenvalue weighted by Gasteiger charge is 2.49. The minimum atomic E-state index is -5.90. The van der Waals surface area contributed by atoms with Crippen molar-refractivity contribution < 1.29 is 35.3 Å². The van der Waals surface area contributed by atoms with Crippen molar-refractivity contribution in [2.24, 2.45) is 0 Å². The second-order valence-corrected chi connectivity index (χ2v) is 6.23. The first kappa shape index (κ1) is 17.4. The van der Waals surface area contributed by atoms with Crippen molar-refractivity contribution in [3.05, 3.63) is 40.9 Å². The molecule has 23 heavy (non-hydrogen) atoms. The number of rotatable bonds is 3. The Morgan fingerprint density at radius 2 is 1.78 bits per heavy atom. The highest BCUT2D eigenvalue weighted by Crippen LogP contribution is 2.37. The van der Waals surface area contributed by atoms with Gasteiger partial charge in [-0.1, -0.05) is 23.7 Å². The predicted octanol–water partition coefficient (Wildman–Crippen LogP) is 3.51. The molecule has 0 fully saturated rings. The van der Waals surface area contributed by atoms with Crippen molar-refractivity contribution in [2.75, 3.05) is 7.11 Å². The van der Waals surface area contributed by atoms with E-state index in [4.69, 9.17) is 11.6 Å². The van der Waals surface area contributed by atoms with Crippen LogP contribution in [0.4, 0.5) is 13.2 Å². The highest BCUT2D eigenvalue weighted by molar-refractivity contribution is 7.88.